The van der Waals surface area contributed by atoms with Gasteiger partial charge in [-0.1, -0.05) is 51.1 Å². The molecule has 1 amide bonds. The molecule has 0 aliphatic rings. The Hall–Kier alpha value is -1.84. The van der Waals surface area contributed by atoms with Crippen molar-refractivity contribution >= 4 is 11.9 Å². The summed E-state index contributed by atoms with van der Waals surface area (Å²) in [5.41, 5.74) is 1.01. The van der Waals surface area contributed by atoms with Gasteiger partial charge in [0.15, 0.2) is 0 Å². The molecule has 0 unspecified atom stereocenters. The third kappa shape index (κ3) is 6.36. The molecule has 0 saturated carbocycles. The van der Waals surface area contributed by atoms with Crippen LogP contribution in [-0.4, -0.2) is 28.4 Å². The van der Waals surface area contributed by atoms with Crippen molar-refractivity contribution in [2.75, 3.05) is 6.54 Å². The number of benzene rings is 1. The van der Waals surface area contributed by atoms with Gasteiger partial charge in [0.05, 0.1) is 0 Å². The van der Waals surface area contributed by atoms with E-state index in [1.165, 1.54) is 4.90 Å². The average Bonchev–Trinajstić information content (AvgIpc) is 2.35. The maximum Gasteiger partial charge on any atom is 0.323 e. The number of carboxylic acids is 1. The van der Waals surface area contributed by atoms with Crippen LogP contribution in [0.3, 0.4) is 0 Å². The minimum atomic E-state index is -0.981. The topological polar surface area (TPSA) is 57.6 Å². The Labute approximate surface area is 120 Å². The highest BCUT2D eigenvalue weighted by Crippen LogP contribution is 2.21. The van der Waals surface area contributed by atoms with E-state index in [-0.39, 0.29) is 17.9 Å². The zero-order valence-electron chi connectivity index (χ0n) is 12.4. The molecule has 0 spiro atoms. The predicted octanol–water partition coefficient (Wildman–Crippen LogP) is 2.93. The van der Waals surface area contributed by atoms with Crippen LogP contribution in [0.15, 0.2) is 30.3 Å². The molecule has 0 bridgehead atoms. The lowest BCUT2D eigenvalue weighted by Gasteiger charge is -2.23. The third-order valence-electron chi connectivity index (χ3n) is 2.98. The molecule has 4 heteroatoms. The quantitative estimate of drug-likeness (QED) is 0.869. The standard InChI is InChI=1S/C16H23NO3/c1-16(2,3)10-9-14(18)17(12-15(19)20)11-13-7-5-4-6-8-13/h4-8H,9-12H2,1-3H3,(H,19,20). The molecule has 0 saturated heterocycles. The third-order valence-corrected chi connectivity index (χ3v) is 2.98. The number of nitrogens with zero attached hydrogens (tertiary/aromatic N) is 1. The molecule has 1 N–H and O–H groups in total. The molecule has 0 aromatic heterocycles. The Morgan fingerprint density at radius 1 is 1.15 bits per heavy atom. The highest BCUT2D eigenvalue weighted by molar-refractivity contribution is 5.81. The maximum atomic E-state index is 12.2. The van der Waals surface area contributed by atoms with Crippen molar-refractivity contribution in [2.45, 2.75) is 40.2 Å². The van der Waals surface area contributed by atoms with Crippen LogP contribution in [0.4, 0.5) is 0 Å². The fourth-order valence-corrected chi connectivity index (χ4v) is 1.84. The van der Waals surface area contributed by atoms with E-state index in [0.717, 1.165) is 12.0 Å². The molecule has 20 heavy (non-hydrogen) atoms. The molecule has 0 aliphatic heterocycles. The zero-order valence-corrected chi connectivity index (χ0v) is 12.4. The summed E-state index contributed by atoms with van der Waals surface area (Å²) in [7, 11) is 0. The SMILES string of the molecule is CC(C)(C)CCC(=O)N(CC(=O)O)Cc1ccccc1. The number of rotatable bonds is 6. The van der Waals surface area contributed by atoms with Crippen molar-refractivity contribution in [1.82, 2.24) is 4.90 Å². The molecule has 1 aromatic rings. The number of carbonyl (C=O) groups excluding carboxylic acids is 1. The van der Waals surface area contributed by atoms with Crippen LogP contribution in [0.25, 0.3) is 0 Å². The van der Waals surface area contributed by atoms with Crippen LogP contribution >= 0.6 is 0 Å². The Balaban J connectivity index is 2.68. The van der Waals surface area contributed by atoms with Gasteiger partial charge in [-0.05, 0) is 17.4 Å². The fourth-order valence-electron chi connectivity index (χ4n) is 1.84. The number of hydrogen-bond donors (Lipinski definition) is 1. The van der Waals surface area contributed by atoms with Gasteiger partial charge in [0.2, 0.25) is 5.91 Å². The van der Waals surface area contributed by atoms with Crippen molar-refractivity contribution < 1.29 is 14.7 Å². The van der Waals surface area contributed by atoms with E-state index < -0.39 is 5.97 Å². The first kappa shape index (κ1) is 16.2. The minimum Gasteiger partial charge on any atom is -0.480 e. The smallest absolute Gasteiger partial charge is 0.323 e. The molecule has 1 aromatic carbocycles. The molecule has 0 fully saturated rings. The van der Waals surface area contributed by atoms with E-state index in [4.69, 9.17) is 5.11 Å². The van der Waals surface area contributed by atoms with Crippen molar-refractivity contribution in [3.8, 4) is 0 Å². The summed E-state index contributed by atoms with van der Waals surface area (Å²) in [6.07, 6.45) is 1.13. The lowest BCUT2D eigenvalue weighted by atomic mass is 9.90. The first-order chi connectivity index (χ1) is 9.28. The first-order valence-electron chi connectivity index (χ1n) is 6.81. The van der Waals surface area contributed by atoms with Crippen LogP contribution in [-0.2, 0) is 16.1 Å². The highest BCUT2D eigenvalue weighted by Gasteiger charge is 2.19. The lowest BCUT2D eigenvalue weighted by molar-refractivity contribution is -0.145. The van der Waals surface area contributed by atoms with Gasteiger partial charge in [0.25, 0.3) is 0 Å². The Morgan fingerprint density at radius 3 is 2.25 bits per heavy atom. The lowest BCUT2D eigenvalue weighted by Crippen LogP contribution is -2.35. The maximum absolute atomic E-state index is 12.2. The van der Waals surface area contributed by atoms with Gasteiger partial charge in [-0.3, -0.25) is 9.59 Å². The normalized spacial score (nSPS) is 11.2. The summed E-state index contributed by atoms with van der Waals surface area (Å²) < 4.78 is 0. The van der Waals surface area contributed by atoms with Crippen molar-refractivity contribution in [1.29, 1.82) is 0 Å². The molecule has 0 radical (unpaired) electrons. The van der Waals surface area contributed by atoms with Crippen molar-refractivity contribution in [2.24, 2.45) is 5.41 Å². The Bertz CT molecular complexity index is 449. The first-order valence-corrected chi connectivity index (χ1v) is 6.81. The second-order valence-corrected chi connectivity index (χ2v) is 6.19. The Morgan fingerprint density at radius 2 is 1.75 bits per heavy atom. The van der Waals surface area contributed by atoms with Gasteiger partial charge in [0.1, 0.15) is 6.54 Å². The van der Waals surface area contributed by atoms with Gasteiger partial charge in [0, 0.05) is 13.0 Å². The fraction of sp³-hybridized carbons (Fsp3) is 0.500. The molecule has 4 nitrogen and oxygen atoms in total. The van der Waals surface area contributed by atoms with Crippen molar-refractivity contribution in [3.63, 3.8) is 0 Å². The van der Waals surface area contributed by atoms with E-state index in [1.807, 2.05) is 30.3 Å². The second-order valence-electron chi connectivity index (χ2n) is 6.19. The van der Waals surface area contributed by atoms with Crippen molar-refractivity contribution in [3.05, 3.63) is 35.9 Å². The monoisotopic (exact) mass is 277 g/mol. The van der Waals surface area contributed by atoms with E-state index in [2.05, 4.69) is 20.8 Å². The molecule has 110 valence electrons. The number of aliphatic carboxylic acids is 1. The molecule has 0 heterocycles. The number of carbonyl (C=O) groups is 2. The summed E-state index contributed by atoms with van der Waals surface area (Å²) in [5, 5.41) is 8.94. The summed E-state index contributed by atoms with van der Waals surface area (Å²) >= 11 is 0. The van der Waals surface area contributed by atoms with Crippen LogP contribution in [0, 0.1) is 5.41 Å². The van der Waals surface area contributed by atoms with E-state index in [1.54, 1.807) is 0 Å². The zero-order chi connectivity index (χ0) is 15.2. The van der Waals surface area contributed by atoms with Crippen LogP contribution in [0.2, 0.25) is 0 Å². The average molecular weight is 277 g/mol. The molecule has 0 atom stereocenters. The number of hydrogen-bond acceptors (Lipinski definition) is 2. The van der Waals surface area contributed by atoms with Gasteiger partial charge in [-0.15, -0.1) is 0 Å². The highest BCUT2D eigenvalue weighted by atomic mass is 16.4. The van der Waals surface area contributed by atoms with Gasteiger partial charge < -0.3 is 10.0 Å². The summed E-state index contributed by atoms with van der Waals surface area (Å²) in [5.74, 6) is -1.09. The summed E-state index contributed by atoms with van der Waals surface area (Å²) in [4.78, 5) is 24.5. The van der Waals surface area contributed by atoms with Gasteiger partial charge in [-0.2, -0.15) is 0 Å². The molecule has 1 rings (SSSR count). The van der Waals surface area contributed by atoms with E-state index in [0.29, 0.717) is 13.0 Å². The minimum absolute atomic E-state index is 0.0668. The molecular weight excluding hydrogens is 254 g/mol. The largest absolute Gasteiger partial charge is 0.480 e. The van der Waals surface area contributed by atoms with Gasteiger partial charge in [-0.25, -0.2) is 0 Å². The van der Waals surface area contributed by atoms with E-state index >= 15 is 0 Å². The second kappa shape index (κ2) is 7.08. The Kier molecular flexibility index (Phi) is 5.74. The van der Waals surface area contributed by atoms with Crippen LogP contribution in [0.1, 0.15) is 39.2 Å². The van der Waals surface area contributed by atoms with Crippen LogP contribution < -0.4 is 0 Å². The van der Waals surface area contributed by atoms with E-state index in [9.17, 15) is 9.59 Å². The van der Waals surface area contributed by atoms with Crippen LogP contribution in [0.5, 0.6) is 0 Å². The molecule has 0 aliphatic carbocycles. The number of amides is 1. The summed E-state index contributed by atoms with van der Waals surface area (Å²) in [6.45, 7) is 6.30. The molecular formula is C16H23NO3. The predicted molar refractivity (Wildman–Crippen MR) is 78.2 cm³/mol. The summed E-state index contributed by atoms with van der Waals surface area (Å²) in [6, 6.07) is 9.45. The van der Waals surface area contributed by atoms with Gasteiger partial charge >= 0.3 is 5.97 Å². The number of carboxylic acid groups (broad SMARTS) is 1.